The summed E-state index contributed by atoms with van der Waals surface area (Å²) < 4.78 is 6.83. The van der Waals surface area contributed by atoms with Gasteiger partial charge in [0.2, 0.25) is 5.95 Å². The Labute approximate surface area is 144 Å². The quantitative estimate of drug-likeness (QED) is 0.549. The molecule has 1 saturated carbocycles. The Morgan fingerprint density at radius 1 is 1.28 bits per heavy atom. The van der Waals surface area contributed by atoms with Crippen molar-refractivity contribution in [3.63, 3.8) is 0 Å². The Kier molecular flexibility index (Phi) is 3.91. The zero-order chi connectivity index (χ0) is 17.2. The molecule has 2 heterocycles. The molecule has 3 aromatic rings. The van der Waals surface area contributed by atoms with Gasteiger partial charge in [-0.3, -0.25) is 5.32 Å². The average molecular weight is 335 g/mol. The van der Waals surface area contributed by atoms with E-state index in [0.29, 0.717) is 23.0 Å². The van der Waals surface area contributed by atoms with Crippen LogP contribution in [-0.2, 0) is 0 Å². The van der Waals surface area contributed by atoms with Crippen LogP contribution in [0.25, 0.3) is 16.9 Å². The van der Waals surface area contributed by atoms with E-state index in [-0.39, 0.29) is 6.04 Å². The number of ether oxygens (including phenoxy) is 1. The van der Waals surface area contributed by atoms with Gasteiger partial charge in [-0.2, -0.15) is 9.67 Å². The summed E-state index contributed by atoms with van der Waals surface area (Å²) >= 11 is 0. The Bertz CT molecular complexity index is 949. The number of hydrogen-bond donors (Lipinski definition) is 2. The Balaban J connectivity index is 1.58. The van der Waals surface area contributed by atoms with Crippen molar-refractivity contribution in [3.05, 3.63) is 30.5 Å². The zero-order valence-corrected chi connectivity index (χ0v) is 13.7. The van der Waals surface area contributed by atoms with Gasteiger partial charge in [0, 0.05) is 18.0 Å². The van der Waals surface area contributed by atoms with Crippen molar-refractivity contribution in [1.82, 2.24) is 25.0 Å². The first kappa shape index (κ1) is 15.4. The molecule has 8 nitrogen and oxygen atoms in total. The summed E-state index contributed by atoms with van der Waals surface area (Å²) in [6.45, 7) is 0. The molecule has 0 radical (unpaired) electrons. The lowest BCUT2D eigenvalue weighted by molar-refractivity contribution is 0.335. The van der Waals surface area contributed by atoms with Crippen molar-refractivity contribution in [2.24, 2.45) is 11.7 Å². The third-order valence-corrected chi connectivity index (χ3v) is 4.13. The Hall–Kier alpha value is -3.18. The number of nitrogens with two attached hydrogens (primary N) is 1. The lowest BCUT2D eigenvalue weighted by Crippen LogP contribution is -2.35. The first-order valence-corrected chi connectivity index (χ1v) is 7.98. The van der Waals surface area contributed by atoms with Gasteiger partial charge in [0.15, 0.2) is 11.2 Å². The molecule has 8 heteroatoms. The number of nitrogens with zero attached hydrogens (tertiary/aromatic N) is 5. The molecule has 1 aromatic carbocycles. The van der Waals surface area contributed by atoms with E-state index < -0.39 is 0 Å². The summed E-state index contributed by atoms with van der Waals surface area (Å²) in [7, 11) is 1.63. The number of hydrogen-bond acceptors (Lipinski definition) is 7. The molecule has 25 heavy (non-hydrogen) atoms. The fourth-order valence-electron chi connectivity index (χ4n) is 2.66. The number of aromatic nitrogens is 5. The Morgan fingerprint density at radius 2 is 2.08 bits per heavy atom. The molecule has 0 aliphatic heterocycles. The highest BCUT2D eigenvalue weighted by atomic mass is 16.5. The zero-order valence-electron chi connectivity index (χ0n) is 13.7. The van der Waals surface area contributed by atoms with E-state index >= 15 is 0 Å². The predicted octanol–water partition coefficient (Wildman–Crippen LogP) is 1.33. The van der Waals surface area contributed by atoms with Crippen molar-refractivity contribution < 1.29 is 4.74 Å². The topological polar surface area (TPSA) is 104 Å². The van der Waals surface area contributed by atoms with Crippen molar-refractivity contribution in [2.45, 2.75) is 18.9 Å². The second-order valence-corrected chi connectivity index (χ2v) is 5.92. The van der Waals surface area contributed by atoms with Crippen LogP contribution in [0.2, 0.25) is 0 Å². The highest BCUT2D eigenvalue weighted by Crippen LogP contribution is 2.24. The van der Waals surface area contributed by atoms with E-state index in [1.54, 1.807) is 18.0 Å². The number of anilines is 1. The van der Waals surface area contributed by atoms with Crippen LogP contribution in [0.3, 0.4) is 0 Å². The maximum Gasteiger partial charge on any atom is 0.236 e. The molecule has 4 rings (SSSR count). The molecule has 3 N–H and O–H groups in total. The van der Waals surface area contributed by atoms with Crippen LogP contribution in [0.15, 0.2) is 30.5 Å². The average Bonchev–Trinajstić information content (AvgIpc) is 3.03. The maximum absolute atomic E-state index is 5.75. The molecule has 2 aromatic heterocycles. The molecular weight excluding hydrogens is 318 g/mol. The van der Waals surface area contributed by atoms with Crippen molar-refractivity contribution in [2.75, 3.05) is 12.4 Å². The van der Waals surface area contributed by atoms with E-state index in [9.17, 15) is 0 Å². The van der Waals surface area contributed by atoms with Gasteiger partial charge in [-0.15, -0.1) is 5.10 Å². The maximum atomic E-state index is 5.75. The van der Waals surface area contributed by atoms with Crippen LogP contribution >= 0.6 is 0 Å². The lowest BCUT2D eigenvalue weighted by atomic mass is 9.82. The summed E-state index contributed by atoms with van der Waals surface area (Å²) in [6, 6.07) is 10.7. The Morgan fingerprint density at radius 3 is 2.80 bits per heavy atom. The van der Waals surface area contributed by atoms with Gasteiger partial charge in [0.1, 0.15) is 5.75 Å². The highest BCUT2D eigenvalue weighted by molar-refractivity contribution is 5.72. The molecule has 0 bridgehead atoms. The number of rotatable bonds is 3. The minimum absolute atomic E-state index is 0.289. The minimum Gasteiger partial charge on any atom is -0.497 e. The normalized spacial score (nSPS) is 19.0. The van der Waals surface area contributed by atoms with Gasteiger partial charge in [0.05, 0.1) is 19.0 Å². The van der Waals surface area contributed by atoms with Gasteiger partial charge in [-0.05, 0) is 37.1 Å². The summed E-state index contributed by atoms with van der Waals surface area (Å²) in [4.78, 5) is 8.68. The lowest BCUT2D eigenvalue weighted by Gasteiger charge is -2.27. The van der Waals surface area contributed by atoms with E-state index in [1.807, 2.05) is 24.3 Å². The summed E-state index contributed by atoms with van der Waals surface area (Å²) in [6.07, 6.45) is 3.52. The van der Waals surface area contributed by atoms with Crippen LogP contribution < -0.4 is 15.8 Å². The summed E-state index contributed by atoms with van der Waals surface area (Å²) in [5.41, 5.74) is 7.81. The summed E-state index contributed by atoms with van der Waals surface area (Å²) in [5.74, 6) is 4.68. The number of nitrogens with one attached hydrogen (secondary N) is 1. The summed E-state index contributed by atoms with van der Waals surface area (Å²) in [5, 5.41) is 11.2. The van der Waals surface area contributed by atoms with E-state index in [4.69, 9.17) is 10.5 Å². The fourth-order valence-corrected chi connectivity index (χ4v) is 2.66. The van der Waals surface area contributed by atoms with Crippen LogP contribution in [0.4, 0.5) is 5.95 Å². The molecule has 0 atom stereocenters. The standard InChI is InChI=1S/C17H17N7O/c1-25-14-4-2-13(3-5-14)24-16-15(22-23-24)10-20-17(21-16)19-7-6-11-8-12(18)9-11/h2-5,10-12H,8-9,18H2,1H3,(H,19,20,21). The van der Waals surface area contributed by atoms with Crippen LogP contribution in [0.1, 0.15) is 12.8 Å². The molecule has 1 fully saturated rings. The van der Waals surface area contributed by atoms with Gasteiger partial charge in [-0.1, -0.05) is 11.1 Å². The minimum atomic E-state index is 0.289. The fraction of sp³-hybridized carbons (Fsp3) is 0.294. The largest absolute Gasteiger partial charge is 0.497 e. The molecule has 0 unspecified atom stereocenters. The number of fused-ring (bicyclic) bond motifs is 1. The second kappa shape index (κ2) is 6.37. The van der Waals surface area contributed by atoms with E-state index in [2.05, 4.69) is 37.6 Å². The number of benzene rings is 1. The highest BCUT2D eigenvalue weighted by Gasteiger charge is 2.23. The van der Waals surface area contributed by atoms with Crippen LogP contribution in [-0.4, -0.2) is 38.1 Å². The molecule has 0 amide bonds. The van der Waals surface area contributed by atoms with Gasteiger partial charge in [0.25, 0.3) is 0 Å². The van der Waals surface area contributed by atoms with Gasteiger partial charge < -0.3 is 10.5 Å². The van der Waals surface area contributed by atoms with Gasteiger partial charge >= 0.3 is 0 Å². The second-order valence-electron chi connectivity index (χ2n) is 5.92. The van der Waals surface area contributed by atoms with Crippen LogP contribution in [0.5, 0.6) is 5.75 Å². The SMILES string of the molecule is COc1ccc(-n2nnc3cnc(NC#CC4CC(N)C4)nc32)cc1. The molecule has 0 spiro atoms. The van der Waals surface area contributed by atoms with E-state index in [1.165, 1.54) is 0 Å². The molecule has 126 valence electrons. The monoisotopic (exact) mass is 335 g/mol. The van der Waals surface area contributed by atoms with Crippen molar-refractivity contribution in [3.8, 4) is 23.4 Å². The first-order chi connectivity index (χ1) is 12.2. The third kappa shape index (κ3) is 3.09. The first-order valence-electron chi connectivity index (χ1n) is 7.98. The number of methoxy groups -OCH3 is 1. The van der Waals surface area contributed by atoms with Crippen molar-refractivity contribution in [1.29, 1.82) is 0 Å². The molecule has 0 saturated heterocycles. The third-order valence-electron chi connectivity index (χ3n) is 4.13. The van der Waals surface area contributed by atoms with Crippen molar-refractivity contribution >= 4 is 17.1 Å². The predicted molar refractivity (Wildman–Crippen MR) is 93.1 cm³/mol. The van der Waals surface area contributed by atoms with E-state index in [0.717, 1.165) is 24.3 Å². The molecular formula is C17H17N7O. The van der Waals surface area contributed by atoms with Crippen LogP contribution in [0, 0.1) is 17.9 Å². The smallest absolute Gasteiger partial charge is 0.236 e. The van der Waals surface area contributed by atoms with Gasteiger partial charge in [-0.25, -0.2) is 4.98 Å². The molecule has 1 aliphatic rings. The molecule has 1 aliphatic carbocycles.